The molecule has 11 aromatic rings. The third-order valence-electron chi connectivity index (χ3n) is 17.9. The summed E-state index contributed by atoms with van der Waals surface area (Å²) in [6, 6.07) is 50.7. The van der Waals surface area contributed by atoms with Gasteiger partial charge in [-0.1, -0.05) is 89.4 Å². The molecule has 0 saturated carbocycles. The highest BCUT2D eigenvalue weighted by Crippen LogP contribution is 2.35. The standard InChI is InChI=1S/C27H23FN4O3.C25H21N5O2.C22H18Cl2N4O2/c1-18-4-9-23-21(15-18)25(30-10-12-31(13-11-30)27(34)24-3-2-14-35-24)22(16-29)26(33)32(23)17-19-5-7-20(28)8-6-19;1-28-21-9-5-4-8-19(21)23(20(16-26)24(28)31)29-12-14-30(15-13-29)25(32)22-18-7-3-2-6-17(18)10-11-27-22;1-26-19-7-6-16(24)12-17(19)20(18(13-25)22(26)30)27-8-10-28(11-9-27)21(29)14-2-4-15(23)5-3-14/h2-9,14-15H,10-13,17H2,1H3;2-11H,12-15H2,1H3;2-7,12H,8-11H2,1H3. The van der Waals surface area contributed by atoms with Crippen molar-refractivity contribution in [1.29, 1.82) is 15.8 Å². The van der Waals surface area contributed by atoms with Crippen LogP contribution in [0.4, 0.5) is 21.5 Å². The first-order valence-corrected chi connectivity index (χ1v) is 32.0. The lowest BCUT2D eigenvalue weighted by Gasteiger charge is -2.37. The number of nitrogens with zero attached hydrogens (tertiary/aromatic N) is 13. The van der Waals surface area contributed by atoms with Crippen molar-refractivity contribution in [3.05, 3.63) is 256 Å². The van der Waals surface area contributed by atoms with Gasteiger partial charge >= 0.3 is 0 Å². The second-order valence-electron chi connectivity index (χ2n) is 23.7. The number of amides is 3. The molecule has 0 unspecified atom stereocenters. The molecule has 8 heterocycles. The number of nitriles is 3. The summed E-state index contributed by atoms with van der Waals surface area (Å²) in [7, 11) is 3.33. The number of carbonyl (C=O) groups excluding carboxylic acids is 3. The van der Waals surface area contributed by atoms with Crippen molar-refractivity contribution < 1.29 is 23.2 Å². The molecule has 0 radical (unpaired) electrons. The van der Waals surface area contributed by atoms with Gasteiger partial charge < -0.3 is 47.5 Å². The Bertz CT molecular complexity index is 5220. The molecule has 0 N–H and O–H groups in total. The Morgan fingerprint density at radius 3 is 1.58 bits per heavy atom. The van der Waals surface area contributed by atoms with Crippen LogP contribution in [0.3, 0.4) is 0 Å². The number of hydrogen-bond acceptors (Lipinski definition) is 14. The normalized spacial score (nSPS) is 13.9. The van der Waals surface area contributed by atoms with Crippen LogP contribution in [0.2, 0.25) is 10.0 Å². The summed E-state index contributed by atoms with van der Waals surface area (Å²) in [5.41, 5.74) is 6.07. The first kappa shape index (κ1) is 65.5. The summed E-state index contributed by atoms with van der Waals surface area (Å²) in [6.45, 7) is 8.01. The van der Waals surface area contributed by atoms with Gasteiger partial charge in [0.25, 0.3) is 34.4 Å². The van der Waals surface area contributed by atoms with E-state index in [1.807, 2.05) is 94.4 Å². The molecule has 3 amide bonds. The van der Waals surface area contributed by atoms with E-state index in [4.69, 9.17) is 27.6 Å². The minimum absolute atomic E-state index is 0.0658. The Hall–Kier alpha value is -11.6. The van der Waals surface area contributed by atoms with Crippen LogP contribution < -0.4 is 31.4 Å². The fraction of sp³-hybridized carbons (Fsp3) is 0.216. The summed E-state index contributed by atoms with van der Waals surface area (Å²) in [4.78, 5) is 93.4. The molecule has 3 aliphatic heterocycles. The molecule has 3 saturated heterocycles. The van der Waals surface area contributed by atoms with Crippen molar-refractivity contribution in [3.63, 3.8) is 0 Å². The average Bonchev–Trinajstić information content (AvgIpc) is 1.11. The number of rotatable bonds is 8. The van der Waals surface area contributed by atoms with Crippen LogP contribution in [0.25, 0.3) is 43.5 Å². The molecule has 3 aliphatic rings. The monoisotopic (exact) mass is 1330 g/mol. The van der Waals surface area contributed by atoms with Crippen molar-refractivity contribution in [2.75, 3.05) is 93.2 Å². The van der Waals surface area contributed by atoms with Crippen molar-refractivity contribution in [2.45, 2.75) is 13.5 Å². The molecular weight excluding hydrogens is 1270 g/mol. The van der Waals surface area contributed by atoms with Crippen LogP contribution in [-0.4, -0.2) is 130 Å². The van der Waals surface area contributed by atoms with Gasteiger partial charge in [0.15, 0.2) is 5.76 Å². The quantitative estimate of drug-likeness (QED) is 0.138. The number of carbonyl (C=O) groups is 3. The van der Waals surface area contributed by atoms with Gasteiger partial charge in [0, 0.05) is 136 Å². The molecule has 97 heavy (non-hydrogen) atoms. The Morgan fingerprint density at radius 2 is 1.00 bits per heavy atom. The molecule has 486 valence electrons. The van der Waals surface area contributed by atoms with Crippen molar-refractivity contribution in [3.8, 4) is 18.2 Å². The number of anilines is 3. The third kappa shape index (κ3) is 13.1. The predicted octanol–water partition coefficient (Wildman–Crippen LogP) is 10.5. The predicted molar refractivity (Wildman–Crippen MR) is 372 cm³/mol. The number of aryl methyl sites for hydroxylation is 3. The summed E-state index contributed by atoms with van der Waals surface area (Å²) in [6.07, 6.45) is 3.13. The fourth-order valence-electron chi connectivity index (χ4n) is 12.9. The van der Waals surface area contributed by atoms with Crippen molar-refractivity contribution >= 4 is 101 Å². The van der Waals surface area contributed by atoms with E-state index in [0.717, 1.165) is 43.6 Å². The lowest BCUT2D eigenvalue weighted by Crippen LogP contribution is -2.49. The van der Waals surface area contributed by atoms with Crippen molar-refractivity contribution in [1.82, 2.24) is 33.4 Å². The van der Waals surface area contributed by atoms with Gasteiger partial charge in [0.05, 0.1) is 46.4 Å². The van der Waals surface area contributed by atoms with Gasteiger partial charge in [-0.2, -0.15) is 15.8 Å². The Kier molecular flexibility index (Phi) is 19.0. The maximum Gasteiger partial charge on any atom is 0.289 e. The number of pyridine rings is 4. The van der Waals surface area contributed by atoms with E-state index in [1.54, 1.807) is 106 Å². The number of furan rings is 1. The number of hydrogen-bond donors (Lipinski definition) is 0. The topological polar surface area (TPSA) is 234 Å². The van der Waals surface area contributed by atoms with Gasteiger partial charge in [-0.15, -0.1) is 0 Å². The number of piperazine rings is 3. The average molecular weight is 1340 g/mol. The van der Waals surface area contributed by atoms with E-state index in [0.29, 0.717) is 134 Å². The van der Waals surface area contributed by atoms with Gasteiger partial charge in [-0.05, 0) is 109 Å². The molecule has 20 nitrogen and oxygen atoms in total. The smallest absolute Gasteiger partial charge is 0.289 e. The first-order chi connectivity index (χ1) is 47.0. The summed E-state index contributed by atoms with van der Waals surface area (Å²) < 4.78 is 23.2. The largest absolute Gasteiger partial charge is 0.459 e. The Labute approximate surface area is 565 Å². The number of para-hydroxylation sites is 1. The van der Waals surface area contributed by atoms with E-state index in [1.165, 1.54) is 27.5 Å². The Morgan fingerprint density at radius 1 is 0.505 bits per heavy atom. The fourth-order valence-corrected chi connectivity index (χ4v) is 13.2. The van der Waals surface area contributed by atoms with Crippen LogP contribution in [0.15, 0.2) is 183 Å². The molecule has 5 aromatic heterocycles. The Balaban J connectivity index is 0.000000139. The summed E-state index contributed by atoms with van der Waals surface area (Å²) in [5.74, 6) is -0.398. The van der Waals surface area contributed by atoms with Crippen molar-refractivity contribution in [2.24, 2.45) is 14.1 Å². The molecule has 6 aromatic carbocycles. The van der Waals surface area contributed by atoms with Crippen LogP contribution in [0.1, 0.15) is 59.2 Å². The van der Waals surface area contributed by atoms with E-state index < -0.39 is 5.56 Å². The molecule has 0 aliphatic carbocycles. The number of halogens is 3. The van der Waals surface area contributed by atoms with Crippen LogP contribution in [-0.2, 0) is 20.6 Å². The highest BCUT2D eigenvalue weighted by Gasteiger charge is 2.32. The minimum atomic E-state index is -0.391. The van der Waals surface area contributed by atoms with Crippen LogP contribution >= 0.6 is 23.2 Å². The van der Waals surface area contributed by atoms with Gasteiger partial charge in [0.2, 0.25) is 0 Å². The second kappa shape index (κ2) is 28.2. The summed E-state index contributed by atoms with van der Waals surface area (Å²) in [5, 5.41) is 34.8. The zero-order chi connectivity index (χ0) is 68.2. The highest BCUT2D eigenvalue weighted by molar-refractivity contribution is 6.31. The van der Waals surface area contributed by atoms with E-state index >= 15 is 0 Å². The molecule has 0 bridgehead atoms. The number of benzene rings is 6. The zero-order valence-electron chi connectivity index (χ0n) is 53.1. The zero-order valence-corrected chi connectivity index (χ0v) is 54.6. The molecule has 0 atom stereocenters. The molecular formula is C74H62Cl2FN13O7. The summed E-state index contributed by atoms with van der Waals surface area (Å²) >= 11 is 12.1. The SMILES string of the molecule is Cc1ccc2c(c1)c(N1CCN(C(=O)c3ccco3)CC1)c(C#N)c(=O)n2Cc1ccc(F)cc1.Cn1c(=O)c(C#N)c(N2CCN(C(=O)c3ccc(Cl)cc3)CC2)c2cc(Cl)ccc21.Cn1c(=O)c(C#N)c(N2CCN(C(=O)c3nccc4ccccc34)CC2)c2ccccc21. The molecule has 14 rings (SSSR count). The van der Waals surface area contributed by atoms with Gasteiger partial charge in [-0.3, -0.25) is 33.8 Å². The highest BCUT2D eigenvalue weighted by atomic mass is 35.5. The van der Waals surface area contributed by atoms with E-state index in [9.17, 15) is 48.9 Å². The van der Waals surface area contributed by atoms with Gasteiger partial charge in [0.1, 0.15) is 46.4 Å². The molecule has 23 heteroatoms. The number of fused-ring (bicyclic) bond motifs is 4. The third-order valence-corrected chi connectivity index (χ3v) is 18.4. The first-order valence-electron chi connectivity index (χ1n) is 31.3. The lowest BCUT2D eigenvalue weighted by molar-refractivity contribution is 0.0712. The van der Waals surface area contributed by atoms with Gasteiger partial charge in [-0.25, -0.2) is 4.39 Å². The van der Waals surface area contributed by atoms with Crippen LogP contribution in [0.5, 0.6) is 0 Å². The second-order valence-corrected chi connectivity index (χ2v) is 24.5. The maximum absolute atomic E-state index is 13.5. The number of aromatic nitrogens is 4. The molecule has 3 fully saturated rings. The van der Waals surface area contributed by atoms with Crippen LogP contribution in [0, 0.1) is 46.7 Å². The van der Waals surface area contributed by atoms with E-state index in [2.05, 4.69) is 23.2 Å². The molecule has 0 spiro atoms. The van der Waals surface area contributed by atoms with E-state index in [-0.39, 0.29) is 57.9 Å². The lowest BCUT2D eigenvalue weighted by atomic mass is 10.0. The minimum Gasteiger partial charge on any atom is -0.459 e. The maximum atomic E-state index is 13.5.